The zero-order valence-corrected chi connectivity index (χ0v) is 13.6. The normalized spacial score (nSPS) is 16.5. The molecule has 0 aromatic heterocycles. The van der Waals surface area contributed by atoms with Crippen LogP contribution in [0.15, 0.2) is 53.5 Å². The highest BCUT2D eigenvalue weighted by atomic mass is 35.5. The molecular formula is C17H15ClN4O2. The fourth-order valence-corrected chi connectivity index (χ4v) is 2.55. The molecule has 2 aromatic rings. The van der Waals surface area contributed by atoms with Crippen LogP contribution in [0.2, 0.25) is 5.02 Å². The molecule has 0 bridgehead atoms. The Bertz CT molecular complexity index is 821. The molecule has 1 aliphatic rings. The lowest BCUT2D eigenvalue weighted by molar-refractivity contribution is -0.121. The summed E-state index contributed by atoms with van der Waals surface area (Å²) in [5.74, 6) is -0.692. The maximum Gasteiger partial charge on any atom is 0.265 e. The molecule has 3 rings (SSSR count). The second kappa shape index (κ2) is 6.82. The van der Waals surface area contributed by atoms with Crippen LogP contribution in [0, 0.1) is 0 Å². The van der Waals surface area contributed by atoms with Crippen LogP contribution in [-0.2, 0) is 9.59 Å². The number of benzene rings is 2. The van der Waals surface area contributed by atoms with Crippen molar-refractivity contribution in [2.45, 2.75) is 13.1 Å². The lowest BCUT2D eigenvalue weighted by Gasteiger charge is -2.13. The van der Waals surface area contributed by atoms with Crippen LogP contribution in [0.1, 0.15) is 18.1 Å². The summed E-state index contributed by atoms with van der Waals surface area (Å²) in [5.41, 5.74) is 7.80. The van der Waals surface area contributed by atoms with Gasteiger partial charge in [0.25, 0.3) is 5.91 Å². The standard InChI is InChI=1S/C17H15ClN4O2/c1-10(23)21-22-16-17(24)19-14-8-7-12(18)9-13(14)15(20-16)11-5-3-2-4-6-11/h2-9,16,22H,1H3,(H,19,24)(H,21,23). The Kier molecular flexibility index (Phi) is 4.59. The molecule has 1 unspecified atom stereocenters. The SMILES string of the molecule is CC(=O)NNC1N=C(c2ccccc2)c2cc(Cl)ccc2NC1=O. The van der Waals surface area contributed by atoms with E-state index in [1.165, 1.54) is 6.92 Å². The largest absolute Gasteiger partial charge is 0.322 e. The van der Waals surface area contributed by atoms with E-state index in [-0.39, 0.29) is 11.8 Å². The van der Waals surface area contributed by atoms with Gasteiger partial charge in [-0.15, -0.1) is 0 Å². The summed E-state index contributed by atoms with van der Waals surface area (Å²) in [4.78, 5) is 28.0. The number of nitrogens with zero attached hydrogens (tertiary/aromatic N) is 1. The summed E-state index contributed by atoms with van der Waals surface area (Å²) < 4.78 is 0. The van der Waals surface area contributed by atoms with Crippen molar-refractivity contribution in [1.29, 1.82) is 0 Å². The van der Waals surface area contributed by atoms with Gasteiger partial charge in [0.2, 0.25) is 5.91 Å². The first-order valence-electron chi connectivity index (χ1n) is 7.31. The molecule has 122 valence electrons. The third-order valence-electron chi connectivity index (χ3n) is 3.43. The van der Waals surface area contributed by atoms with E-state index in [4.69, 9.17) is 11.6 Å². The van der Waals surface area contributed by atoms with E-state index in [9.17, 15) is 9.59 Å². The van der Waals surface area contributed by atoms with Gasteiger partial charge in [-0.25, -0.2) is 5.43 Å². The molecule has 3 N–H and O–H groups in total. The minimum absolute atomic E-state index is 0.316. The monoisotopic (exact) mass is 342 g/mol. The van der Waals surface area contributed by atoms with Gasteiger partial charge in [0.1, 0.15) is 0 Å². The molecular weight excluding hydrogens is 328 g/mol. The zero-order valence-electron chi connectivity index (χ0n) is 12.8. The highest BCUT2D eigenvalue weighted by Crippen LogP contribution is 2.26. The highest BCUT2D eigenvalue weighted by Gasteiger charge is 2.25. The summed E-state index contributed by atoms with van der Waals surface area (Å²) in [7, 11) is 0. The van der Waals surface area contributed by atoms with Crippen LogP contribution in [0.25, 0.3) is 0 Å². The summed E-state index contributed by atoms with van der Waals surface area (Å²) in [5, 5.41) is 3.34. The average molecular weight is 343 g/mol. The fraction of sp³-hybridized carbons (Fsp3) is 0.118. The topological polar surface area (TPSA) is 82.6 Å². The zero-order chi connectivity index (χ0) is 17.1. The van der Waals surface area contributed by atoms with E-state index in [1.807, 2.05) is 30.3 Å². The number of halogens is 1. The van der Waals surface area contributed by atoms with E-state index in [0.717, 1.165) is 5.56 Å². The lowest BCUT2D eigenvalue weighted by atomic mass is 10.0. The Morgan fingerprint density at radius 2 is 1.96 bits per heavy atom. The van der Waals surface area contributed by atoms with Crippen molar-refractivity contribution in [2.75, 3.05) is 5.32 Å². The number of rotatable bonds is 3. The summed E-state index contributed by atoms with van der Waals surface area (Å²) in [6.07, 6.45) is -0.963. The maximum atomic E-state index is 12.4. The van der Waals surface area contributed by atoms with Crippen LogP contribution in [0.3, 0.4) is 0 Å². The van der Waals surface area contributed by atoms with Gasteiger partial charge in [-0.3, -0.25) is 20.0 Å². The first-order chi connectivity index (χ1) is 11.5. The van der Waals surface area contributed by atoms with Crippen molar-refractivity contribution < 1.29 is 9.59 Å². The quantitative estimate of drug-likeness (QED) is 0.747. The molecule has 1 atom stereocenters. The number of hydrogen-bond acceptors (Lipinski definition) is 4. The predicted molar refractivity (Wildman–Crippen MR) is 92.9 cm³/mol. The molecule has 24 heavy (non-hydrogen) atoms. The Balaban J connectivity index is 2.10. The molecule has 2 aromatic carbocycles. The number of benzodiazepines with no additional fused rings is 1. The van der Waals surface area contributed by atoms with E-state index in [2.05, 4.69) is 21.2 Å². The van der Waals surface area contributed by atoms with Crippen molar-refractivity contribution >= 4 is 34.8 Å². The van der Waals surface area contributed by atoms with Crippen LogP contribution < -0.4 is 16.2 Å². The van der Waals surface area contributed by atoms with E-state index < -0.39 is 6.17 Å². The van der Waals surface area contributed by atoms with Crippen molar-refractivity contribution in [3.8, 4) is 0 Å². The molecule has 1 heterocycles. The van der Waals surface area contributed by atoms with Gasteiger partial charge in [-0.05, 0) is 18.2 Å². The number of hydrogen-bond donors (Lipinski definition) is 3. The molecule has 0 spiro atoms. The summed E-state index contributed by atoms with van der Waals surface area (Å²) in [6, 6.07) is 14.7. The average Bonchev–Trinajstić information content (AvgIpc) is 2.70. The second-order valence-corrected chi connectivity index (χ2v) is 5.69. The molecule has 1 aliphatic heterocycles. The number of nitrogens with one attached hydrogen (secondary N) is 3. The van der Waals surface area contributed by atoms with Crippen LogP contribution in [-0.4, -0.2) is 23.7 Å². The number of carbonyl (C=O) groups excluding carboxylic acids is 2. The molecule has 2 amide bonds. The minimum atomic E-state index is -0.963. The third kappa shape index (κ3) is 3.45. The highest BCUT2D eigenvalue weighted by molar-refractivity contribution is 6.32. The smallest absolute Gasteiger partial charge is 0.265 e. The van der Waals surface area contributed by atoms with Gasteiger partial charge in [0.15, 0.2) is 6.17 Å². The van der Waals surface area contributed by atoms with E-state index in [1.54, 1.807) is 18.2 Å². The number of carbonyl (C=O) groups is 2. The lowest BCUT2D eigenvalue weighted by Crippen LogP contribution is -2.48. The molecule has 7 heteroatoms. The van der Waals surface area contributed by atoms with Crippen molar-refractivity contribution in [2.24, 2.45) is 4.99 Å². The van der Waals surface area contributed by atoms with Gasteiger partial charge in [0, 0.05) is 23.1 Å². The fourth-order valence-electron chi connectivity index (χ4n) is 2.37. The Labute approximate surface area is 143 Å². The molecule has 0 aliphatic carbocycles. The third-order valence-corrected chi connectivity index (χ3v) is 3.67. The molecule has 0 saturated carbocycles. The van der Waals surface area contributed by atoms with Gasteiger partial charge >= 0.3 is 0 Å². The molecule has 0 radical (unpaired) electrons. The van der Waals surface area contributed by atoms with Gasteiger partial charge in [0.05, 0.1) is 11.4 Å². The van der Waals surface area contributed by atoms with E-state index >= 15 is 0 Å². The van der Waals surface area contributed by atoms with Gasteiger partial charge in [-0.2, -0.15) is 0 Å². The summed E-state index contributed by atoms with van der Waals surface area (Å²) in [6.45, 7) is 1.35. The Morgan fingerprint density at radius 3 is 2.67 bits per heavy atom. The number of fused-ring (bicyclic) bond motifs is 1. The molecule has 0 saturated heterocycles. The molecule has 0 fully saturated rings. The molecule has 6 nitrogen and oxygen atoms in total. The number of hydrazine groups is 1. The van der Waals surface area contributed by atoms with Crippen LogP contribution >= 0.6 is 11.6 Å². The first-order valence-corrected chi connectivity index (χ1v) is 7.68. The van der Waals surface area contributed by atoms with E-state index in [0.29, 0.717) is 22.0 Å². The number of anilines is 1. The summed E-state index contributed by atoms with van der Waals surface area (Å²) >= 11 is 6.12. The predicted octanol–water partition coefficient (Wildman–Crippen LogP) is 2.10. The number of aliphatic imine (C=N–C) groups is 1. The Morgan fingerprint density at radius 1 is 1.21 bits per heavy atom. The van der Waals surface area contributed by atoms with Crippen LogP contribution in [0.5, 0.6) is 0 Å². The first kappa shape index (κ1) is 16.2. The Hall–Kier alpha value is -2.70. The van der Waals surface area contributed by atoms with Crippen LogP contribution in [0.4, 0.5) is 5.69 Å². The minimum Gasteiger partial charge on any atom is -0.322 e. The van der Waals surface area contributed by atoms with Gasteiger partial charge < -0.3 is 5.32 Å². The van der Waals surface area contributed by atoms with Crippen molar-refractivity contribution in [3.05, 3.63) is 64.7 Å². The second-order valence-electron chi connectivity index (χ2n) is 5.25. The maximum absolute atomic E-state index is 12.4. The van der Waals surface area contributed by atoms with Crippen molar-refractivity contribution in [3.63, 3.8) is 0 Å². The number of amides is 2. The van der Waals surface area contributed by atoms with Crippen molar-refractivity contribution in [1.82, 2.24) is 10.9 Å². The van der Waals surface area contributed by atoms with Gasteiger partial charge in [-0.1, -0.05) is 41.9 Å².